The Balaban J connectivity index is 2.93. The van der Waals surface area contributed by atoms with E-state index in [9.17, 15) is 10.1 Å². The lowest BCUT2D eigenvalue weighted by molar-refractivity contribution is -0.396. The zero-order valence-electron chi connectivity index (χ0n) is 7.09. The Morgan fingerprint density at radius 1 is 1.71 bits per heavy atom. The average Bonchev–Trinajstić information content (AvgIpc) is 2.46. The van der Waals surface area contributed by atoms with E-state index in [1.165, 1.54) is 10.9 Å². The summed E-state index contributed by atoms with van der Waals surface area (Å²) < 4.78 is 1.58. The van der Waals surface area contributed by atoms with Crippen LogP contribution in [0.15, 0.2) is 6.33 Å². The summed E-state index contributed by atoms with van der Waals surface area (Å²) in [5.41, 5.74) is 0.841. The third-order valence-corrected chi connectivity index (χ3v) is 2.12. The van der Waals surface area contributed by atoms with Gasteiger partial charge in [0.05, 0.1) is 13.4 Å². The monoisotopic (exact) mass is 211 g/mol. The number of fused-ring (bicyclic) bond motifs is 1. The van der Waals surface area contributed by atoms with Gasteiger partial charge in [0.1, 0.15) is 0 Å². The van der Waals surface area contributed by atoms with Crippen LogP contribution in [-0.4, -0.2) is 24.4 Å². The van der Waals surface area contributed by atoms with Gasteiger partial charge in [0.15, 0.2) is 4.64 Å². The van der Waals surface area contributed by atoms with Crippen LogP contribution in [0.25, 0.3) is 11.2 Å². The highest BCUT2D eigenvalue weighted by Gasteiger charge is 2.19. The number of aromatic amines is 1. The third-order valence-electron chi connectivity index (χ3n) is 1.82. The Kier molecular flexibility index (Phi) is 1.78. The maximum Gasteiger partial charge on any atom is 0.436 e. The number of hydrogen-bond acceptors (Lipinski definition) is 5. The van der Waals surface area contributed by atoms with Gasteiger partial charge in [-0.15, -0.1) is 0 Å². The molecule has 7 nitrogen and oxygen atoms in total. The number of nitrogens with zero attached hydrogens (tertiary/aromatic N) is 4. The number of H-pyrrole nitrogens is 1. The van der Waals surface area contributed by atoms with E-state index < -0.39 is 4.92 Å². The summed E-state index contributed by atoms with van der Waals surface area (Å²) in [5, 5.41) is 10.6. The minimum atomic E-state index is -0.567. The molecule has 0 amide bonds. The summed E-state index contributed by atoms with van der Waals surface area (Å²) in [4.78, 5) is 20.3. The third kappa shape index (κ3) is 1.08. The number of aromatic nitrogens is 4. The lowest BCUT2D eigenvalue weighted by atomic mass is 10.6. The molecule has 0 saturated heterocycles. The normalized spacial score (nSPS) is 10.6. The Labute approximate surface area is 82.6 Å². The molecule has 0 radical (unpaired) electrons. The second-order valence-electron chi connectivity index (χ2n) is 2.63. The van der Waals surface area contributed by atoms with Gasteiger partial charge in [-0.3, -0.25) is 0 Å². The van der Waals surface area contributed by atoms with Gasteiger partial charge in [-0.1, -0.05) is 17.2 Å². The lowest BCUT2D eigenvalue weighted by Crippen LogP contribution is -1.98. The lowest BCUT2D eigenvalue weighted by Gasteiger charge is -1.92. The predicted molar refractivity (Wildman–Crippen MR) is 50.3 cm³/mol. The molecule has 0 aliphatic rings. The molecule has 72 valence electrons. The van der Waals surface area contributed by atoms with Crippen molar-refractivity contribution in [1.82, 2.24) is 19.5 Å². The van der Waals surface area contributed by atoms with E-state index in [2.05, 4.69) is 15.0 Å². The fourth-order valence-electron chi connectivity index (χ4n) is 1.18. The van der Waals surface area contributed by atoms with Crippen LogP contribution in [0, 0.1) is 14.8 Å². The highest BCUT2D eigenvalue weighted by molar-refractivity contribution is 7.71. The Morgan fingerprint density at radius 2 is 2.43 bits per heavy atom. The first-order chi connectivity index (χ1) is 6.61. The van der Waals surface area contributed by atoms with E-state index >= 15 is 0 Å². The molecular weight excluding hydrogens is 206 g/mol. The summed E-state index contributed by atoms with van der Waals surface area (Å²) in [5.74, 6) is -0.254. The molecule has 0 saturated carbocycles. The van der Waals surface area contributed by atoms with Crippen molar-refractivity contribution < 1.29 is 4.92 Å². The second-order valence-corrected chi connectivity index (χ2v) is 3.02. The van der Waals surface area contributed by atoms with E-state index in [0.717, 1.165) is 0 Å². The molecule has 0 aliphatic heterocycles. The Morgan fingerprint density at radius 3 is 3.00 bits per heavy atom. The molecule has 0 aliphatic carbocycles. The van der Waals surface area contributed by atoms with Crippen molar-refractivity contribution in [2.75, 3.05) is 0 Å². The zero-order chi connectivity index (χ0) is 10.3. The first-order valence-corrected chi connectivity index (χ1v) is 4.06. The Hall–Kier alpha value is -1.83. The molecule has 14 heavy (non-hydrogen) atoms. The van der Waals surface area contributed by atoms with Crippen LogP contribution < -0.4 is 0 Å². The molecule has 0 bridgehead atoms. The van der Waals surface area contributed by atoms with Gasteiger partial charge in [0.2, 0.25) is 11.2 Å². The van der Waals surface area contributed by atoms with Crippen molar-refractivity contribution >= 4 is 29.3 Å². The fraction of sp³-hybridized carbons (Fsp3) is 0.167. The van der Waals surface area contributed by atoms with Crippen LogP contribution in [-0.2, 0) is 7.05 Å². The topological polar surface area (TPSA) is 89.6 Å². The number of nitro groups is 1. The summed E-state index contributed by atoms with van der Waals surface area (Å²) in [6.07, 6.45) is 1.38. The van der Waals surface area contributed by atoms with Crippen LogP contribution in [0.3, 0.4) is 0 Å². The van der Waals surface area contributed by atoms with Gasteiger partial charge < -0.3 is 15.1 Å². The largest absolute Gasteiger partial charge is 0.436 e. The van der Waals surface area contributed by atoms with Gasteiger partial charge in [0, 0.05) is 0 Å². The molecule has 1 N–H and O–H groups in total. The van der Waals surface area contributed by atoms with Gasteiger partial charge in [-0.2, -0.15) is 0 Å². The molecule has 0 atom stereocenters. The van der Waals surface area contributed by atoms with E-state index in [4.69, 9.17) is 12.2 Å². The quantitative estimate of drug-likeness (QED) is 0.430. The van der Waals surface area contributed by atoms with E-state index in [1.54, 1.807) is 7.05 Å². The SMILES string of the molecule is Cn1c([N+](=O)[O-])nc2c(=S)nc[nH]c21. The molecule has 2 aromatic rings. The molecule has 0 spiro atoms. The number of aryl methyl sites for hydroxylation is 1. The van der Waals surface area contributed by atoms with Crippen molar-refractivity contribution in [3.8, 4) is 0 Å². The van der Waals surface area contributed by atoms with Gasteiger partial charge in [-0.25, -0.2) is 9.55 Å². The smallest absolute Gasteiger partial charge is 0.390 e. The van der Waals surface area contributed by atoms with Crippen molar-refractivity contribution in [2.24, 2.45) is 7.05 Å². The zero-order valence-corrected chi connectivity index (χ0v) is 7.91. The van der Waals surface area contributed by atoms with Crippen molar-refractivity contribution in [3.63, 3.8) is 0 Å². The molecule has 2 rings (SSSR count). The van der Waals surface area contributed by atoms with Crippen molar-refractivity contribution in [1.29, 1.82) is 0 Å². The van der Waals surface area contributed by atoms with Gasteiger partial charge >= 0.3 is 5.95 Å². The minimum absolute atomic E-state index is 0.252. The highest BCUT2D eigenvalue weighted by atomic mass is 32.1. The minimum Gasteiger partial charge on any atom is -0.390 e. The van der Waals surface area contributed by atoms with Crippen LogP contribution in [0.2, 0.25) is 0 Å². The van der Waals surface area contributed by atoms with E-state index in [1.807, 2.05) is 0 Å². The highest BCUT2D eigenvalue weighted by Crippen LogP contribution is 2.16. The first-order valence-electron chi connectivity index (χ1n) is 3.66. The standard InChI is InChI=1S/C6H5N5O2S/c1-10-4-3(5(14)8-2-7-4)9-6(10)11(12)13/h2H,1H3,(H,7,8,14). The Bertz CT molecular complexity index is 571. The van der Waals surface area contributed by atoms with Crippen LogP contribution in [0.1, 0.15) is 0 Å². The number of hydrogen-bond donors (Lipinski definition) is 1. The summed E-state index contributed by atoms with van der Waals surface area (Å²) in [6.45, 7) is 0. The fourth-order valence-corrected chi connectivity index (χ4v) is 1.37. The van der Waals surface area contributed by atoms with Crippen molar-refractivity contribution in [2.45, 2.75) is 0 Å². The number of imidazole rings is 1. The molecule has 0 unspecified atom stereocenters. The van der Waals surface area contributed by atoms with Crippen LogP contribution in [0.5, 0.6) is 0 Å². The maximum atomic E-state index is 10.6. The molecule has 0 aromatic carbocycles. The van der Waals surface area contributed by atoms with Crippen LogP contribution >= 0.6 is 12.2 Å². The van der Waals surface area contributed by atoms with E-state index in [0.29, 0.717) is 11.2 Å². The molecule has 2 heterocycles. The molecule has 0 fully saturated rings. The second kappa shape index (κ2) is 2.84. The van der Waals surface area contributed by atoms with Crippen LogP contribution in [0.4, 0.5) is 5.95 Å². The van der Waals surface area contributed by atoms with Crippen molar-refractivity contribution in [3.05, 3.63) is 21.1 Å². The van der Waals surface area contributed by atoms with Gasteiger partial charge in [-0.05, 0) is 4.92 Å². The predicted octanol–water partition coefficient (Wildman–Crippen LogP) is 0.934. The summed E-state index contributed by atoms with van der Waals surface area (Å²) in [7, 11) is 1.54. The summed E-state index contributed by atoms with van der Waals surface area (Å²) >= 11 is 4.88. The average molecular weight is 211 g/mol. The number of nitrogens with one attached hydrogen (secondary N) is 1. The summed E-state index contributed by atoms with van der Waals surface area (Å²) in [6, 6.07) is 0. The maximum absolute atomic E-state index is 10.6. The molecule has 8 heteroatoms. The van der Waals surface area contributed by atoms with Gasteiger partial charge in [0.25, 0.3) is 0 Å². The molecular formula is C6H5N5O2S. The first kappa shape index (κ1) is 8.75. The number of rotatable bonds is 1. The van der Waals surface area contributed by atoms with E-state index in [-0.39, 0.29) is 10.6 Å². The molecule has 2 aromatic heterocycles.